The molecule has 0 spiro atoms. The molecule has 1 aliphatic rings. The van der Waals surface area contributed by atoms with Crippen LogP contribution in [-0.2, 0) is 19.4 Å². The van der Waals surface area contributed by atoms with E-state index in [9.17, 15) is 4.79 Å². The van der Waals surface area contributed by atoms with E-state index in [0.29, 0.717) is 12.1 Å². The maximum atomic E-state index is 12.2. The first-order valence-electron chi connectivity index (χ1n) is 7.01. The van der Waals surface area contributed by atoms with Gasteiger partial charge in [0.1, 0.15) is 5.75 Å². The van der Waals surface area contributed by atoms with Crippen LogP contribution in [0.25, 0.3) is 0 Å². The van der Waals surface area contributed by atoms with E-state index < -0.39 is 0 Å². The SMILES string of the molecule is COc1ccc(C#N)cc1Cn1c2c(sc1=O)CCCC2. The zero-order valence-corrected chi connectivity index (χ0v) is 12.7. The third-order valence-corrected chi connectivity index (χ3v) is 4.97. The number of thiazole rings is 1. The molecular formula is C16H16N2O2S. The van der Waals surface area contributed by atoms with E-state index in [2.05, 4.69) is 6.07 Å². The van der Waals surface area contributed by atoms with Crippen LogP contribution in [0.4, 0.5) is 0 Å². The van der Waals surface area contributed by atoms with Crippen molar-refractivity contribution < 1.29 is 4.74 Å². The number of nitrogens with zero attached hydrogens (tertiary/aromatic N) is 2. The van der Waals surface area contributed by atoms with Crippen molar-refractivity contribution >= 4 is 11.3 Å². The van der Waals surface area contributed by atoms with Gasteiger partial charge in [0, 0.05) is 16.1 Å². The lowest BCUT2D eigenvalue weighted by Crippen LogP contribution is -2.18. The second kappa shape index (κ2) is 5.74. The molecule has 21 heavy (non-hydrogen) atoms. The molecule has 0 unspecified atom stereocenters. The number of rotatable bonds is 3. The van der Waals surface area contributed by atoms with Crippen molar-refractivity contribution in [3.8, 4) is 11.8 Å². The molecule has 0 bridgehead atoms. The second-order valence-electron chi connectivity index (χ2n) is 5.17. The first-order valence-corrected chi connectivity index (χ1v) is 7.83. The maximum absolute atomic E-state index is 12.2. The molecule has 0 fully saturated rings. The van der Waals surface area contributed by atoms with Crippen LogP contribution >= 0.6 is 11.3 Å². The Morgan fingerprint density at radius 3 is 2.95 bits per heavy atom. The Morgan fingerprint density at radius 2 is 2.19 bits per heavy atom. The van der Waals surface area contributed by atoms with Gasteiger partial charge in [-0.1, -0.05) is 11.3 Å². The molecule has 4 nitrogen and oxygen atoms in total. The highest BCUT2D eigenvalue weighted by molar-refractivity contribution is 7.09. The van der Waals surface area contributed by atoms with Crippen LogP contribution in [0, 0.1) is 11.3 Å². The summed E-state index contributed by atoms with van der Waals surface area (Å²) in [6, 6.07) is 7.46. The lowest BCUT2D eigenvalue weighted by Gasteiger charge is -2.15. The van der Waals surface area contributed by atoms with Crippen molar-refractivity contribution in [3.05, 3.63) is 49.6 Å². The summed E-state index contributed by atoms with van der Waals surface area (Å²) in [7, 11) is 1.61. The average molecular weight is 300 g/mol. The highest BCUT2D eigenvalue weighted by Gasteiger charge is 2.19. The Balaban J connectivity index is 2.03. The molecule has 0 N–H and O–H groups in total. The van der Waals surface area contributed by atoms with Gasteiger partial charge in [-0.25, -0.2) is 0 Å². The first-order chi connectivity index (χ1) is 10.2. The minimum absolute atomic E-state index is 0.0892. The fraction of sp³-hybridized carbons (Fsp3) is 0.375. The predicted octanol–water partition coefficient (Wildman–Crippen LogP) is 2.72. The minimum atomic E-state index is 0.0892. The summed E-state index contributed by atoms with van der Waals surface area (Å²) in [6.07, 6.45) is 4.28. The van der Waals surface area contributed by atoms with E-state index >= 15 is 0 Å². The second-order valence-corrected chi connectivity index (χ2v) is 6.22. The van der Waals surface area contributed by atoms with Crippen molar-refractivity contribution in [1.82, 2.24) is 4.57 Å². The largest absolute Gasteiger partial charge is 0.496 e. The highest BCUT2D eigenvalue weighted by Crippen LogP contribution is 2.26. The molecule has 1 aromatic carbocycles. The fourth-order valence-electron chi connectivity index (χ4n) is 2.83. The number of methoxy groups -OCH3 is 1. The molecule has 0 aliphatic heterocycles. The third-order valence-electron chi connectivity index (χ3n) is 3.88. The van der Waals surface area contributed by atoms with Crippen LogP contribution in [0.2, 0.25) is 0 Å². The zero-order chi connectivity index (χ0) is 14.8. The lowest BCUT2D eigenvalue weighted by molar-refractivity contribution is 0.407. The fourth-order valence-corrected chi connectivity index (χ4v) is 3.90. The molecule has 0 saturated carbocycles. The molecule has 1 aliphatic carbocycles. The highest BCUT2D eigenvalue weighted by atomic mass is 32.1. The number of hydrogen-bond acceptors (Lipinski definition) is 4. The number of hydrogen-bond donors (Lipinski definition) is 0. The summed E-state index contributed by atoms with van der Waals surface area (Å²) >= 11 is 1.36. The first kappa shape index (κ1) is 13.9. The Bertz CT molecular complexity index is 768. The molecule has 108 valence electrons. The Morgan fingerprint density at radius 1 is 1.38 bits per heavy atom. The van der Waals surface area contributed by atoms with Crippen LogP contribution in [0.5, 0.6) is 5.75 Å². The average Bonchev–Trinajstić information content (AvgIpc) is 2.83. The normalized spacial score (nSPS) is 13.5. The van der Waals surface area contributed by atoms with E-state index in [1.807, 2.05) is 4.57 Å². The van der Waals surface area contributed by atoms with E-state index in [1.54, 1.807) is 25.3 Å². The smallest absolute Gasteiger partial charge is 0.307 e. The summed E-state index contributed by atoms with van der Waals surface area (Å²) in [5.41, 5.74) is 2.63. The van der Waals surface area contributed by atoms with Crippen molar-refractivity contribution in [1.29, 1.82) is 5.26 Å². The van der Waals surface area contributed by atoms with Crippen molar-refractivity contribution in [2.45, 2.75) is 32.2 Å². The monoisotopic (exact) mass is 300 g/mol. The van der Waals surface area contributed by atoms with Crippen LogP contribution in [0.1, 0.15) is 34.5 Å². The topological polar surface area (TPSA) is 55.0 Å². The van der Waals surface area contributed by atoms with Gasteiger partial charge in [-0.2, -0.15) is 5.26 Å². The van der Waals surface area contributed by atoms with Gasteiger partial charge >= 0.3 is 4.87 Å². The van der Waals surface area contributed by atoms with E-state index in [-0.39, 0.29) is 4.87 Å². The Hall–Kier alpha value is -2.06. The molecule has 0 amide bonds. The molecule has 5 heteroatoms. The molecule has 0 saturated heterocycles. The summed E-state index contributed by atoms with van der Waals surface area (Å²) in [4.78, 5) is 13.6. The summed E-state index contributed by atoms with van der Waals surface area (Å²) < 4.78 is 7.20. The van der Waals surface area contributed by atoms with Gasteiger partial charge in [-0.15, -0.1) is 0 Å². The van der Waals surface area contributed by atoms with Gasteiger partial charge in [0.05, 0.1) is 25.3 Å². The summed E-state index contributed by atoms with van der Waals surface area (Å²) in [5, 5.41) is 9.04. The molecule has 2 aromatic rings. The van der Waals surface area contributed by atoms with E-state index in [4.69, 9.17) is 10.00 Å². The molecule has 3 rings (SSSR count). The van der Waals surface area contributed by atoms with Gasteiger partial charge in [-0.3, -0.25) is 9.36 Å². The van der Waals surface area contributed by atoms with Gasteiger partial charge in [0.15, 0.2) is 0 Å². The predicted molar refractivity (Wildman–Crippen MR) is 82.0 cm³/mol. The third kappa shape index (κ3) is 2.59. The van der Waals surface area contributed by atoms with Gasteiger partial charge in [0.2, 0.25) is 0 Å². The van der Waals surface area contributed by atoms with Crippen LogP contribution in [0.3, 0.4) is 0 Å². The number of aromatic nitrogens is 1. The number of fused-ring (bicyclic) bond motifs is 1. The van der Waals surface area contributed by atoms with Crippen LogP contribution in [0.15, 0.2) is 23.0 Å². The molecule has 0 radical (unpaired) electrons. The zero-order valence-electron chi connectivity index (χ0n) is 11.9. The molecule has 1 aromatic heterocycles. The van der Waals surface area contributed by atoms with Gasteiger partial charge in [0.25, 0.3) is 0 Å². The molecule has 0 atom stereocenters. The maximum Gasteiger partial charge on any atom is 0.307 e. The lowest BCUT2D eigenvalue weighted by atomic mass is 10.0. The van der Waals surface area contributed by atoms with Crippen LogP contribution < -0.4 is 9.61 Å². The molecular weight excluding hydrogens is 284 g/mol. The number of nitriles is 1. The summed E-state index contributed by atoms with van der Waals surface area (Å²) in [6.45, 7) is 0.476. The Labute approximate surface area is 127 Å². The number of aryl methyl sites for hydroxylation is 1. The molecule has 1 heterocycles. The summed E-state index contributed by atoms with van der Waals surface area (Å²) in [5.74, 6) is 0.719. The standard InChI is InChI=1S/C16H16N2O2S/c1-20-14-7-6-11(9-17)8-12(14)10-18-13-4-2-3-5-15(13)21-16(18)19/h6-8H,2-5,10H2,1H3. The Kier molecular flexibility index (Phi) is 3.80. The van der Waals surface area contributed by atoms with Crippen molar-refractivity contribution in [3.63, 3.8) is 0 Å². The quantitative estimate of drug-likeness (QED) is 0.875. The van der Waals surface area contributed by atoms with Gasteiger partial charge in [-0.05, 0) is 43.9 Å². The number of benzene rings is 1. The van der Waals surface area contributed by atoms with Crippen LogP contribution in [-0.4, -0.2) is 11.7 Å². The van der Waals surface area contributed by atoms with Crippen molar-refractivity contribution in [2.75, 3.05) is 7.11 Å². The minimum Gasteiger partial charge on any atom is -0.496 e. The number of ether oxygens (including phenoxy) is 1. The van der Waals surface area contributed by atoms with E-state index in [0.717, 1.165) is 30.6 Å². The van der Waals surface area contributed by atoms with E-state index in [1.165, 1.54) is 28.3 Å². The van der Waals surface area contributed by atoms with Crippen molar-refractivity contribution in [2.24, 2.45) is 0 Å². The van der Waals surface area contributed by atoms with Gasteiger partial charge < -0.3 is 4.74 Å².